The van der Waals surface area contributed by atoms with Gasteiger partial charge in [-0.2, -0.15) is 0 Å². The smallest absolute Gasteiger partial charge is 0.309 e. The van der Waals surface area contributed by atoms with Gasteiger partial charge in [-0.15, -0.1) is 0 Å². The quantitative estimate of drug-likeness (QED) is 0.148. The van der Waals surface area contributed by atoms with E-state index in [-0.39, 0.29) is 32.1 Å². The van der Waals surface area contributed by atoms with E-state index in [1.807, 2.05) is 6.92 Å². The van der Waals surface area contributed by atoms with Crippen molar-refractivity contribution < 1.29 is 81.2 Å². The first-order valence-electron chi connectivity index (χ1n) is 21.9. The minimum atomic E-state index is -1.45. The Kier molecular flexibility index (Phi) is 21.3. The second kappa shape index (κ2) is 25.1. The number of cyclic esters (lactones) is 1. The molecule has 3 aliphatic heterocycles. The number of nitrogens with zero attached hydrogens (tertiary/aromatic N) is 1. The topological polar surface area (TPSA) is 218 Å². The second-order valence-electron chi connectivity index (χ2n) is 17.1. The number of aldehydes is 1. The van der Waals surface area contributed by atoms with E-state index >= 15 is 0 Å². The highest BCUT2D eigenvalue weighted by Crippen LogP contribution is 2.39. The van der Waals surface area contributed by atoms with Crippen LogP contribution in [0.2, 0.25) is 0 Å². The second-order valence-corrected chi connectivity index (χ2v) is 17.1. The molecule has 63 heavy (non-hydrogen) atoms. The molecule has 358 valence electrons. The van der Waals surface area contributed by atoms with Crippen molar-refractivity contribution >= 4 is 36.1 Å². The molecular formula is C45H71NO17. The Hall–Kier alpha value is -3.78. The fourth-order valence-electron chi connectivity index (χ4n) is 8.57. The van der Waals surface area contributed by atoms with Gasteiger partial charge in [-0.25, -0.2) is 0 Å². The SMILES string of the molecule is CCC(=O)O[C@@H]1CC(=O)O[C@H](C)C/C=C/C=C/[C@H](OC(C)=O)[C@H](C)C[C@H](CC=O)[C@H](O[C@@H]2O[C@H](C)[C@@H](O[C@H]3C[C@@](C)(OC(C)=O)[C@@H](OC(=O)CC)[C@H](C)O3)[C@H](N(C)C)[C@H]2O)C1OC. The lowest BCUT2D eigenvalue weighted by Crippen LogP contribution is -2.66. The molecule has 1 N–H and O–H groups in total. The van der Waals surface area contributed by atoms with Crippen molar-refractivity contribution in [3.63, 3.8) is 0 Å². The number of aliphatic hydroxyl groups is 1. The zero-order valence-electron chi connectivity index (χ0n) is 38.9. The number of carbonyl (C=O) groups is 6. The van der Waals surface area contributed by atoms with E-state index < -0.39 is 133 Å². The average molecular weight is 898 g/mol. The average Bonchev–Trinajstić information content (AvgIpc) is 3.18. The maximum Gasteiger partial charge on any atom is 0.309 e. The van der Waals surface area contributed by atoms with Crippen molar-refractivity contribution in [1.82, 2.24) is 4.90 Å². The van der Waals surface area contributed by atoms with Gasteiger partial charge < -0.3 is 62.2 Å². The fraction of sp³-hybridized carbons (Fsp3) is 0.778. The van der Waals surface area contributed by atoms with Crippen LogP contribution in [0.4, 0.5) is 0 Å². The molecule has 0 spiro atoms. The molecule has 16 atom stereocenters. The van der Waals surface area contributed by atoms with Gasteiger partial charge in [-0.3, -0.25) is 24.0 Å². The summed E-state index contributed by atoms with van der Waals surface area (Å²) in [6.45, 7) is 14.4. The van der Waals surface area contributed by atoms with Crippen molar-refractivity contribution in [3.05, 3.63) is 24.3 Å². The lowest BCUT2D eigenvalue weighted by molar-refractivity contribution is -0.344. The number of ether oxygens (including phenoxy) is 10. The van der Waals surface area contributed by atoms with Crippen LogP contribution in [0.1, 0.15) is 107 Å². The van der Waals surface area contributed by atoms with Crippen LogP contribution in [-0.4, -0.2) is 153 Å². The summed E-state index contributed by atoms with van der Waals surface area (Å²) in [7, 11) is 4.82. The monoisotopic (exact) mass is 897 g/mol. The van der Waals surface area contributed by atoms with Gasteiger partial charge in [0.1, 0.15) is 42.9 Å². The lowest BCUT2D eigenvalue weighted by Gasteiger charge is -2.50. The standard InChI is InChI=1S/C45H71NO17/c1-13-34(50)59-33-23-36(52)55-26(4)18-16-15-17-19-32(58-29(7)48)25(3)22-31(20-21-47)41(42(33)54-12)62-44-39(53)38(46(10)11)40(27(5)57-44)61-37-24-45(9,63-30(8)49)43(28(6)56-37)60-35(51)14-2/h15-17,19,21,25-28,31-33,37-44,53H,13-14,18,20,22-24H2,1-12H3/b16-15+,19-17+/t25-,26-,27-,28+,31+,32+,33-,37+,38-,39-,40-,41+,42?,43+,44+,45-/m1/s1. The minimum Gasteiger partial charge on any atom is -0.462 e. The highest BCUT2D eigenvalue weighted by Gasteiger charge is 2.54. The number of aliphatic hydroxyl groups excluding tert-OH is 1. The molecular weight excluding hydrogens is 826 g/mol. The Morgan fingerprint density at radius 2 is 1.57 bits per heavy atom. The first-order valence-corrected chi connectivity index (χ1v) is 21.9. The van der Waals surface area contributed by atoms with Crippen LogP contribution in [0, 0.1) is 11.8 Å². The summed E-state index contributed by atoms with van der Waals surface area (Å²) < 4.78 is 60.7. The van der Waals surface area contributed by atoms with Crippen molar-refractivity contribution in [2.75, 3.05) is 21.2 Å². The number of carbonyl (C=O) groups excluding carboxylic acids is 6. The van der Waals surface area contributed by atoms with Gasteiger partial charge in [-0.1, -0.05) is 39.0 Å². The van der Waals surface area contributed by atoms with E-state index in [1.54, 1.807) is 84.8 Å². The maximum absolute atomic E-state index is 13.4. The fourth-order valence-corrected chi connectivity index (χ4v) is 8.57. The number of methoxy groups -OCH3 is 1. The molecule has 3 rings (SSSR count). The molecule has 0 aromatic carbocycles. The maximum atomic E-state index is 13.4. The van der Waals surface area contributed by atoms with Gasteiger partial charge in [0.05, 0.1) is 30.8 Å². The van der Waals surface area contributed by atoms with Gasteiger partial charge in [0, 0.05) is 53.1 Å². The molecule has 0 aliphatic carbocycles. The third kappa shape index (κ3) is 15.4. The first-order chi connectivity index (χ1) is 29.7. The van der Waals surface area contributed by atoms with E-state index in [9.17, 15) is 33.9 Å². The number of hydrogen-bond acceptors (Lipinski definition) is 18. The normalized spacial score (nSPS) is 38.1. The van der Waals surface area contributed by atoms with Gasteiger partial charge in [-0.05, 0) is 66.1 Å². The van der Waals surface area contributed by atoms with E-state index in [4.69, 9.17) is 47.4 Å². The van der Waals surface area contributed by atoms with Crippen LogP contribution >= 0.6 is 0 Å². The molecule has 3 heterocycles. The zero-order chi connectivity index (χ0) is 47.2. The van der Waals surface area contributed by atoms with E-state index in [0.29, 0.717) is 12.7 Å². The Morgan fingerprint density at radius 3 is 2.16 bits per heavy atom. The van der Waals surface area contributed by atoms with Crippen LogP contribution in [0.15, 0.2) is 24.3 Å². The van der Waals surface area contributed by atoms with Crippen LogP contribution in [-0.2, 0) is 76.1 Å². The van der Waals surface area contributed by atoms with Crippen LogP contribution in [0.5, 0.6) is 0 Å². The highest BCUT2D eigenvalue weighted by atomic mass is 16.7. The largest absolute Gasteiger partial charge is 0.462 e. The minimum absolute atomic E-state index is 0.0260. The van der Waals surface area contributed by atoms with Crippen molar-refractivity contribution in [1.29, 1.82) is 0 Å². The summed E-state index contributed by atoms with van der Waals surface area (Å²) in [5, 5.41) is 12.2. The predicted molar refractivity (Wildman–Crippen MR) is 224 cm³/mol. The van der Waals surface area contributed by atoms with Crippen LogP contribution in [0.3, 0.4) is 0 Å². The number of hydrogen-bond donors (Lipinski definition) is 1. The van der Waals surface area contributed by atoms with Gasteiger partial charge in [0.2, 0.25) is 0 Å². The molecule has 0 saturated carbocycles. The Labute approximate surface area is 371 Å². The summed E-state index contributed by atoms with van der Waals surface area (Å²) in [4.78, 5) is 77.6. The first kappa shape index (κ1) is 53.6. The number of allylic oxidation sites excluding steroid dienone is 2. The molecule has 2 fully saturated rings. The summed E-state index contributed by atoms with van der Waals surface area (Å²) in [5.41, 5.74) is -1.33. The molecule has 0 aromatic rings. The third-order valence-corrected chi connectivity index (χ3v) is 11.5. The molecule has 1 unspecified atom stereocenters. The highest BCUT2D eigenvalue weighted by molar-refractivity contribution is 5.73. The molecule has 3 aliphatic rings. The van der Waals surface area contributed by atoms with Crippen molar-refractivity contribution in [3.8, 4) is 0 Å². The zero-order valence-corrected chi connectivity index (χ0v) is 38.9. The van der Waals surface area contributed by atoms with Gasteiger partial charge in [0.25, 0.3) is 0 Å². The molecule has 0 aromatic heterocycles. The molecule has 18 heteroatoms. The molecule has 0 amide bonds. The Bertz CT molecular complexity index is 1590. The molecule has 18 nitrogen and oxygen atoms in total. The summed E-state index contributed by atoms with van der Waals surface area (Å²) in [5.74, 6) is -4.06. The summed E-state index contributed by atoms with van der Waals surface area (Å²) in [6, 6.07) is -0.833. The van der Waals surface area contributed by atoms with Crippen LogP contribution in [0.25, 0.3) is 0 Å². The number of likely N-dealkylation sites (N-methyl/N-ethyl adjacent to an activating group) is 1. The number of rotatable bonds is 14. The Morgan fingerprint density at radius 1 is 0.905 bits per heavy atom. The molecule has 0 radical (unpaired) electrons. The lowest BCUT2D eigenvalue weighted by atomic mass is 9.82. The van der Waals surface area contributed by atoms with E-state index in [1.165, 1.54) is 21.0 Å². The van der Waals surface area contributed by atoms with E-state index in [0.717, 1.165) is 0 Å². The Balaban J connectivity index is 2.09. The van der Waals surface area contributed by atoms with E-state index in [2.05, 4.69) is 0 Å². The van der Waals surface area contributed by atoms with Crippen molar-refractivity contribution in [2.24, 2.45) is 11.8 Å². The summed E-state index contributed by atoms with van der Waals surface area (Å²) in [6.07, 6.45) is -4.48. The predicted octanol–water partition coefficient (Wildman–Crippen LogP) is 3.91. The molecule has 2 saturated heterocycles. The van der Waals surface area contributed by atoms with Crippen molar-refractivity contribution in [2.45, 2.75) is 193 Å². The third-order valence-electron chi connectivity index (χ3n) is 11.5. The van der Waals surface area contributed by atoms with Gasteiger partial charge in [0.15, 0.2) is 24.3 Å². The molecule has 0 bridgehead atoms. The van der Waals surface area contributed by atoms with Crippen LogP contribution < -0.4 is 0 Å². The number of esters is 5. The summed E-state index contributed by atoms with van der Waals surface area (Å²) >= 11 is 0. The van der Waals surface area contributed by atoms with Gasteiger partial charge >= 0.3 is 29.8 Å².